The molecule has 0 aliphatic rings. The molecule has 5 heteroatoms. The minimum Gasteiger partial charge on any atom is -0.618 e. The third-order valence-electron chi connectivity index (χ3n) is 2.67. The van der Waals surface area contributed by atoms with Crippen molar-refractivity contribution in [1.29, 1.82) is 5.26 Å². The minimum atomic E-state index is 0.316. The summed E-state index contributed by atoms with van der Waals surface area (Å²) in [7, 11) is 0. The van der Waals surface area contributed by atoms with Crippen LogP contribution in [0.1, 0.15) is 11.3 Å². The normalized spacial score (nSPS) is 10.1. The zero-order chi connectivity index (χ0) is 13.3. The van der Waals surface area contributed by atoms with Crippen molar-refractivity contribution in [3.63, 3.8) is 0 Å². The number of benzene rings is 1. The van der Waals surface area contributed by atoms with E-state index in [4.69, 9.17) is 28.5 Å². The molecule has 0 radical (unpaired) electrons. The van der Waals surface area contributed by atoms with Gasteiger partial charge in [-0.1, -0.05) is 29.3 Å². The van der Waals surface area contributed by atoms with Gasteiger partial charge >= 0.3 is 0 Å². The summed E-state index contributed by atoms with van der Waals surface area (Å²) < 4.78 is 0.659. The number of hydrogen-bond acceptors (Lipinski definition) is 2. The maximum atomic E-state index is 11.4. The van der Waals surface area contributed by atoms with E-state index in [1.165, 1.54) is 6.20 Å². The van der Waals surface area contributed by atoms with Crippen LogP contribution in [-0.4, -0.2) is 0 Å². The lowest BCUT2D eigenvalue weighted by Crippen LogP contribution is -2.30. The van der Waals surface area contributed by atoms with Crippen molar-refractivity contribution in [2.45, 2.75) is 6.92 Å². The molecule has 0 unspecified atom stereocenters. The van der Waals surface area contributed by atoms with E-state index in [9.17, 15) is 5.21 Å². The lowest BCUT2D eigenvalue weighted by Gasteiger charge is -2.09. The summed E-state index contributed by atoms with van der Waals surface area (Å²) in [5.74, 6) is 0. The molecule has 0 fully saturated rings. The van der Waals surface area contributed by atoms with Crippen molar-refractivity contribution in [3.05, 3.63) is 57.0 Å². The number of nitrogens with zero attached hydrogens (tertiary/aromatic N) is 2. The molecular formula is C13H8Cl2N2O. The number of halogens is 2. The summed E-state index contributed by atoms with van der Waals surface area (Å²) in [5.41, 5.74) is 1.97. The average Bonchev–Trinajstić information content (AvgIpc) is 2.33. The molecule has 1 aromatic carbocycles. The Hall–Kier alpha value is -1.76. The summed E-state index contributed by atoms with van der Waals surface area (Å²) in [6, 6.07) is 8.64. The van der Waals surface area contributed by atoms with Crippen LogP contribution in [0, 0.1) is 23.5 Å². The zero-order valence-electron chi connectivity index (χ0n) is 9.45. The van der Waals surface area contributed by atoms with E-state index in [1.807, 2.05) is 6.07 Å². The first-order chi connectivity index (χ1) is 8.54. The van der Waals surface area contributed by atoms with Crippen LogP contribution in [0.15, 0.2) is 30.5 Å². The van der Waals surface area contributed by atoms with Gasteiger partial charge in [0.2, 0.25) is 5.69 Å². The highest BCUT2D eigenvalue weighted by molar-refractivity contribution is 6.36. The molecule has 0 bridgehead atoms. The maximum absolute atomic E-state index is 11.4. The van der Waals surface area contributed by atoms with Gasteiger partial charge in [0.25, 0.3) is 0 Å². The zero-order valence-corrected chi connectivity index (χ0v) is 11.0. The van der Waals surface area contributed by atoms with E-state index in [-0.39, 0.29) is 0 Å². The molecular weight excluding hydrogens is 271 g/mol. The van der Waals surface area contributed by atoms with Crippen LogP contribution < -0.4 is 4.73 Å². The van der Waals surface area contributed by atoms with Crippen molar-refractivity contribution in [2.24, 2.45) is 0 Å². The van der Waals surface area contributed by atoms with E-state index in [2.05, 4.69) is 0 Å². The Balaban J connectivity index is 2.72. The van der Waals surface area contributed by atoms with Gasteiger partial charge in [0.05, 0.1) is 0 Å². The molecule has 1 aromatic heterocycles. The molecule has 0 aliphatic heterocycles. The van der Waals surface area contributed by atoms with Gasteiger partial charge in [0.15, 0.2) is 6.20 Å². The Morgan fingerprint density at radius 1 is 1.22 bits per heavy atom. The predicted molar refractivity (Wildman–Crippen MR) is 70.3 cm³/mol. The molecule has 0 amide bonds. The monoisotopic (exact) mass is 278 g/mol. The largest absolute Gasteiger partial charge is 0.618 e. The number of nitriles is 1. The van der Waals surface area contributed by atoms with Crippen molar-refractivity contribution < 1.29 is 4.73 Å². The second kappa shape index (κ2) is 4.85. The molecule has 0 atom stereocenters. The lowest BCUT2D eigenvalue weighted by molar-refractivity contribution is -0.612. The fourth-order valence-corrected chi connectivity index (χ4v) is 2.23. The second-order valence-corrected chi connectivity index (χ2v) is 4.60. The van der Waals surface area contributed by atoms with Gasteiger partial charge in [0, 0.05) is 34.2 Å². The predicted octanol–water partition coefficient (Wildman–Crippen LogP) is 3.47. The lowest BCUT2D eigenvalue weighted by atomic mass is 10.0. The SMILES string of the molecule is Cc1c(C#N)c(-c2ccc(Cl)cc2Cl)cc[n+]1[O-]. The smallest absolute Gasteiger partial charge is 0.208 e. The molecule has 18 heavy (non-hydrogen) atoms. The molecule has 0 saturated heterocycles. The first kappa shape index (κ1) is 12.7. The van der Waals surface area contributed by atoms with Gasteiger partial charge in [-0.05, 0) is 12.1 Å². The molecule has 1 heterocycles. The average molecular weight is 279 g/mol. The molecule has 0 spiro atoms. The van der Waals surface area contributed by atoms with E-state index in [1.54, 1.807) is 31.2 Å². The summed E-state index contributed by atoms with van der Waals surface area (Å²) in [5, 5.41) is 21.6. The van der Waals surface area contributed by atoms with Gasteiger partial charge in [-0.2, -0.15) is 9.99 Å². The van der Waals surface area contributed by atoms with Crippen LogP contribution in [-0.2, 0) is 0 Å². The first-order valence-corrected chi connectivity index (χ1v) is 5.88. The molecule has 3 nitrogen and oxygen atoms in total. The van der Waals surface area contributed by atoms with Gasteiger partial charge in [-0.15, -0.1) is 0 Å². The Morgan fingerprint density at radius 3 is 2.56 bits per heavy atom. The van der Waals surface area contributed by atoms with Crippen LogP contribution in [0.25, 0.3) is 11.1 Å². The summed E-state index contributed by atoms with van der Waals surface area (Å²) in [4.78, 5) is 0. The first-order valence-electron chi connectivity index (χ1n) is 5.13. The highest BCUT2D eigenvalue weighted by Crippen LogP contribution is 2.32. The Bertz CT molecular complexity index is 663. The molecule has 2 rings (SSSR count). The van der Waals surface area contributed by atoms with Gasteiger partial charge in [-0.3, -0.25) is 0 Å². The number of pyridine rings is 1. The molecule has 0 aliphatic carbocycles. The van der Waals surface area contributed by atoms with Crippen LogP contribution in [0.5, 0.6) is 0 Å². The summed E-state index contributed by atoms with van der Waals surface area (Å²) >= 11 is 11.9. The highest BCUT2D eigenvalue weighted by atomic mass is 35.5. The quantitative estimate of drug-likeness (QED) is 0.592. The number of aromatic nitrogens is 1. The second-order valence-electron chi connectivity index (χ2n) is 3.75. The van der Waals surface area contributed by atoms with E-state index >= 15 is 0 Å². The van der Waals surface area contributed by atoms with Crippen LogP contribution in [0.2, 0.25) is 10.0 Å². The van der Waals surface area contributed by atoms with Crippen LogP contribution in [0.3, 0.4) is 0 Å². The number of rotatable bonds is 1. The van der Waals surface area contributed by atoms with Crippen LogP contribution >= 0.6 is 23.2 Å². The Kier molecular flexibility index (Phi) is 3.42. The topological polar surface area (TPSA) is 50.7 Å². The molecule has 90 valence electrons. The molecule has 2 aromatic rings. The Labute approximate surface area is 114 Å². The van der Waals surface area contributed by atoms with E-state index in [0.717, 1.165) is 0 Å². The minimum absolute atomic E-state index is 0.316. The molecule has 0 N–H and O–H groups in total. The van der Waals surface area contributed by atoms with E-state index in [0.29, 0.717) is 37.2 Å². The summed E-state index contributed by atoms with van der Waals surface area (Å²) in [6.45, 7) is 1.60. The van der Waals surface area contributed by atoms with Gasteiger partial charge in [0.1, 0.15) is 11.6 Å². The standard InChI is InChI=1S/C13H8Cl2N2O/c1-8-12(7-16)10(4-5-17(8)18)11-3-2-9(14)6-13(11)15/h2-6H,1H3. The highest BCUT2D eigenvalue weighted by Gasteiger charge is 2.16. The van der Waals surface area contributed by atoms with Crippen molar-refractivity contribution in [2.75, 3.05) is 0 Å². The third kappa shape index (κ3) is 2.13. The van der Waals surface area contributed by atoms with Crippen molar-refractivity contribution >= 4 is 23.2 Å². The van der Waals surface area contributed by atoms with Crippen molar-refractivity contribution in [3.8, 4) is 17.2 Å². The number of hydrogen-bond donors (Lipinski definition) is 0. The van der Waals surface area contributed by atoms with Gasteiger partial charge < -0.3 is 5.21 Å². The fraction of sp³-hybridized carbons (Fsp3) is 0.0769. The maximum Gasteiger partial charge on any atom is 0.208 e. The fourth-order valence-electron chi connectivity index (χ4n) is 1.72. The third-order valence-corrected chi connectivity index (χ3v) is 3.22. The van der Waals surface area contributed by atoms with Crippen molar-refractivity contribution in [1.82, 2.24) is 0 Å². The Morgan fingerprint density at radius 2 is 1.94 bits per heavy atom. The molecule has 0 saturated carbocycles. The van der Waals surface area contributed by atoms with Crippen LogP contribution in [0.4, 0.5) is 0 Å². The summed E-state index contributed by atoms with van der Waals surface area (Å²) in [6.07, 6.45) is 1.36. The van der Waals surface area contributed by atoms with E-state index < -0.39 is 0 Å². The van der Waals surface area contributed by atoms with Gasteiger partial charge in [-0.25, -0.2) is 0 Å².